The summed E-state index contributed by atoms with van der Waals surface area (Å²) in [4.78, 5) is 26.9. The minimum absolute atomic E-state index is 0.0190. The molecule has 0 spiro atoms. The van der Waals surface area contributed by atoms with Gasteiger partial charge >= 0.3 is 6.36 Å². The van der Waals surface area contributed by atoms with Gasteiger partial charge in [0.25, 0.3) is 11.8 Å². The van der Waals surface area contributed by atoms with E-state index in [1.54, 1.807) is 0 Å². The van der Waals surface area contributed by atoms with Crippen molar-refractivity contribution in [3.8, 4) is 5.75 Å². The number of rotatable bonds is 6. The number of anilines is 1. The Morgan fingerprint density at radius 1 is 0.967 bits per heavy atom. The lowest BCUT2D eigenvalue weighted by molar-refractivity contribution is -0.274. The maximum absolute atomic E-state index is 13.3. The highest BCUT2D eigenvalue weighted by atomic mass is 19.4. The summed E-state index contributed by atoms with van der Waals surface area (Å²) in [6, 6.07) is 9.87. The van der Waals surface area contributed by atoms with Crippen molar-refractivity contribution in [2.45, 2.75) is 20.2 Å². The van der Waals surface area contributed by atoms with Crippen LogP contribution in [0, 0.1) is 11.7 Å². The molecule has 0 aromatic heterocycles. The van der Waals surface area contributed by atoms with Crippen LogP contribution in [0.25, 0.3) is 5.57 Å². The molecule has 2 amide bonds. The topological polar surface area (TPSA) is 58.6 Å². The molecule has 1 N–H and O–H groups in total. The fourth-order valence-electron chi connectivity index (χ4n) is 2.99. The SMILES string of the molecule is CC(C)CN1C(=O)C(Nc2ccc(OC(F)(F)F)cc2)=C(c2ccc(F)cc2)C1=O. The molecule has 30 heavy (non-hydrogen) atoms. The predicted octanol–water partition coefficient (Wildman–Crippen LogP) is 4.57. The molecular formula is C21H18F4N2O3. The summed E-state index contributed by atoms with van der Waals surface area (Å²) in [5, 5.41) is 2.81. The van der Waals surface area contributed by atoms with Gasteiger partial charge in [-0.25, -0.2) is 4.39 Å². The van der Waals surface area contributed by atoms with Gasteiger partial charge in [0.2, 0.25) is 0 Å². The maximum atomic E-state index is 13.3. The van der Waals surface area contributed by atoms with Crippen LogP contribution < -0.4 is 10.1 Å². The average molecular weight is 422 g/mol. The van der Waals surface area contributed by atoms with E-state index in [4.69, 9.17) is 0 Å². The van der Waals surface area contributed by atoms with E-state index >= 15 is 0 Å². The minimum Gasteiger partial charge on any atom is -0.406 e. The van der Waals surface area contributed by atoms with Crippen LogP contribution in [0.5, 0.6) is 5.75 Å². The molecule has 0 bridgehead atoms. The molecule has 2 aromatic rings. The Bertz CT molecular complexity index is 981. The van der Waals surface area contributed by atoms with E-state index in [9.17, 15) is 27.2 Å². The predicted molar refractivity (Wildman–Crippen MR) is 102 cm³/mol. The van der Waals surface area contributed by atoms with Crippen LogP contribution in [-0.4, -0.2) is 29.6 Å². The maximum Gasteiger partial charge on any atom is 0.573 e. The summed E-state index contributed by atoms with van der Waals surface area (Å²) >= 11 is 0. The molecule has 158 valence electrons. The van der Waals surface area contributed by atoms with Crippen LogP contribution in [0.4, 0.5) is 23.2 Å². The number of nitrogens with one attached hydrogen (secondary N) is 1. The summed E-state index contributed by atoms with van der Waals surface area (Å²) in [6.45, 7) is 3.89. The van der Waals surface area contributed by atoms with Crippen molar-refractivity contribution in [2.24, 2.45) is 5.92 Å². The number of alkyl halides is 3. The lowest BCUT2D eigenvalue weighted by Crippen LogP contribution is -2.35. The van der Waals surface area contributed by atoms with Crippen molar-refractivity contribution in [1.82, 2.24) is 4.90 Å². The first-order chi connectivity index (χ1) is 14.0. The van der Waals surface area contributed by atoms with E-state index in [0.29, 0.717) is 5.56 Å². The molecule has 1 aliphatic heterocycles. The summed E-state index contributed by atoms with van der Waals surface area (Å²) in [6.07, 6.45) is -4.82. The second-order valence-corrected chi connectivity index (χ2v) is 7.07. The molecule has 5 nitrogen and oxygen atoms in total. The molecule has 3 rings (SSSR count). The fraction of sp³-hybridized carbons (Fsp3) is 0.238. The molecule has 2 aromatic carbocycles. The quantitative estimate of drug-likeness (QED) is 0.547. The average Bonchev–Trinajstić information content (AvgIpc) is 2.87. The molecular weight excluding hydrogens is 404 g/mol. The highest BCUT2D eigenvalue weighted by Gasteiger charge is 2.39. The third-order valence-corrected chi connectivity index (χ3v) is 4.21. The number of ether oxygens (including phenoxy) is 1. The van der Waals surface area contributed by atoms with Gasteiger partial charge in [-0.1, -0.05) is 26.0 Å². The zero-order valence-corrected chi connectivity index (χ0v) is 16.1. The summed E-state index contributed by atoms with van der Waals surface area (Å²) in [5.41, 5.74) is 0.667. The monoisotopic (exact) mass is 422 g/mol. The largest absolute Gasteiger partial charge is 0.573 e. The molecule has 0 saturated carbocycles. The number of amides is 2. The molecule has 1 aliphatic rings. The van der Waals surface area contributed by atoms with Gasteiger partial charge in [0.15, 0.2) is 0 Å². The van der Waals surface area contributed by atoms with Crippen LogP contribution >= 0.6 is 0 Å². The van der Waals surface area contributed by atoms with E-state index in [1.165, 1.54) is 36.4 Å². The number of nitrogens with zero attached hydrogens (tertiary/aromatic N) is 1. The van der Waals surface area contributed by atoms with Crippen LogP contribution in [0.3, 0.4) is 0 Å². The third-order valence-electron chi connectivity index (χ3n) is 4.21. The third kappa shape index (κ3) is 4.79. The normalized spacial score (nSPS) is 14.7. The first kappa shape index (κ1) is 21.4. The van der Waals surface area contributed by atoms with Gasteiger partial charge in [0.1, 0.15) is 17.3 Å². The van der Waals surface area contributed by atoms with Gasteiger partial charge in [0, 0.05) is 12.2 Å². The van der Waals surface area contributed by atoms with Crippen molar-refractivity contribution >= 4 is 23.1 Å². The van der Waals surface area contributed by atoms with Crippen LogP contribution in [0.1, 0.15) is 19.4 Å². The molecule has 1 heterocycles. The van der Waals surface area contributed by atoms with Crippen molar-refractivity contribution in [1.29, 1.82) is 0 Å². The van der Waals surface area contributed by atoms with Crippen LogP contribution in [-0.2, 0) is 9.59 Å². The zero-order valence-electron chi connectivity index (χ0n) is 16.1. The van der Waals surface area contributed by atoms with Crippen molar-refractivity contribution in [3.05, 3.63) is 65.6 Å². The highest BCUT2D eigenvalue weighted by molar-refractivity contribution is 6.36. The molecule has 0 aliphatic carbocycles. The lowest BCUT2D eigenvalue weighted by Gasteiger charge is -2.17. The van der Waals surface area contributed by atoms with E-state index in [1.807, 2.05) is 13.8 Å². The minimum atomic E-state index is -4.82. The smallest absolute Gasteiger partial charge is 0.406 e. The summed E-state index contributed by atoms with van der Waals surface area (Å²) < 4.78 is 54.1. The molecule has 0 saturated heterocycles. The van der Waals surface area contributed by atoms with Crippen molar-refractivity contribution in [2.75, 3.05) is 11.9 Å². The first-order valence-corrected chi connectivity index (χ1v) is 9.04. The fourth-order valence-corrected chi connectivity index (χ4v) is 2.99. The van der Waals surface area contributed by atoms with Crippen molar-refractivity contribution in [3.63, 3.8) is 0 Å². The number of hydrogen-bond acceptors (Lipinski definition) is 4. The Balaban J connectivity index is 1.95. The van der Waals surface area contributed by atoms with Gasteiger partial charge in [-0.05, 0) is 47.9 Å². The standard InChI is InChI=1S/C21H18F4N2O3/c1-12(2)11-27-19(28)17(13-3-5-14(22)6-4-13)18(20(27)29)26-15-7-9-16(10-8-15)30-21(23,24)25/h3-10,12,26H,11H2,1-2H3. The zero-order chi connectivity index (χ0) is 22.1. The molecule has 9 heteroatoms. The Morgan fingerprint density at radius 3 is 2.10 bits per heavy atom. The van der Waals surface area contributed by atoms with Crippen molar-refractivity contribution < 1.29 is 31.9 Å². The van der Waals surface area contributed by atoms with Gasteiger partial charge < -0.3 is 10.1 Å². The Morgan fingerprint density at radius 2 is 1.57 bits per heavy atom. The summed E-state index contributed by atoms with van der Waals surface area (Å²) in [7, 11) is 0. The number of imide groups is 1. The van der Waals surface area contributed by atoms with E-state index in [2.05, 4.69) is 10.1 Å². The second kappa shape index (κ2) is 8.17. The number of hydrogen-bond donors (Lipinski definition) is 1. The van der Waals surface area contributed by atoms with E-state index < -0.39 is 29.7 Å². The molecule has 0 unspecified atom stereocenters. The van der Waals surface area contributed by atoms with Gasteiger partial charge in [0.05, 0.1) is 5.57 Å². The number of benzene rings is 2. The van der Waals surface area contributed by atoms with Gasteiger partial charge in [-0.3, -0.25) is 14.5 Å². The number of carbonyl (C=O) groups excluding carboxylic acids is 2. The number of halogens is 4. The first-order valence-electron chi connectivity index (χ1n) is 9.04. The van der Waals surface area contributed by atoms with Gasteiger partial charge in [-0.2, -0.15) is 0 Å². The van der Waals surface area contributed by atoms with E-state index in [-0.39, 0.29) is 29.4 Å². The van der Waals surface area contributed by atoms with Crippen LogP contribution in [0.15, 0.2) is 54.2 Å². The molecule has 0 atom stereocenters. The molecule has 0 fully saturated rings. The highest BCUT2D eigenvalue weighted by Crippen LogP contribution is 2.32. The van der Waals surface area contributed by atoms with Gasteiger partial charge in [-0.15, -0.1) is 13.2 Å². The Labute approximate surface area is 169 Å². The summed E-state index contributed by atoms with van der Waals surface area (Å²) in [5.74, 6) is -1.99. The Kier molecular flexibility index (Phi) is 5.82. The molecule has 0 radical (unpaired) electrons. The lowest BCUT2D eigenvalue weighted by atomic mass is 10.0. The number of carbonyl (C=O) groups is 2. The van der Waals surface area contributed by atoms with Crippen LogP contribution in [0.2, 0.25) is 0 Å². The second-order valence-electron chi connectivity index (χ2n) is 7.07. The van der Waals surface area contributed by atoms with E-state index in [0.717, 1.165) is 17.0 Å². The Hall–Kier alpha value is -3.36.